The van der Waals surface area contributed by atoms with E-state index in [4.69, 9.17) is 0 Å². The van der Waals surface area contributed by atoms with E-state index >= 15 is 0 Å². The van der Waals surface area contributed by atoms with Gasteiger partial charge in [0.25, 0.3) is 0 Å². The van der Waals surface area contributed by atoms with Crippen molar-refractivity contribution < 1.29 is 5.11 Å². The maximum Gasteiger partial charge on any atom is 0.0746 e. The van der Waals surface area contributed by atoms with Gasteiger partial charge in [-0.25, -0.2) is 0 Å². The molecule has 2 heteroatoms. The van der Waals surface area contributed by atoms with Crippen molar-refractivity contribution in [3.05, 3.63) is 144 Å². The Morgan fingerprint density at radius 1 is 0.611 bits per heavy atom. The van der Waals surface area contributed by atoms with Crippen LogP contribution in [0.1, 0.15) is 28.7 Å². The molecule has 0 radical (unpaired) electrons. The van der Waals surface area contributed by atoms with Crippen LogP contribution >= 0.6 is 0 Å². The van der Waals surface area contributed by atoms with E-state index in [1.54, 1.807) is 0 Å². The summed E-state index contributed by atoms with van der Waals surface area (Å²) in [5.74, 6) is 0.129. The van der Waals surface area contributed by atoms with Crippen molar-refractivity contribution >= 4 is 0 Å². The lowest BCUT2D eigenvalue weighted by atomic mass is 9.68. The molecule has 0 spiro atoms. The lowest BCUT2D eigenvalue weighted by molar-refractivity contribution is -0.100. The first-order valence-electron chi connectivity index (χ1n) is 13.3. The topological polar surface area (TPSA) is 23.5 Å². The van der Waals surface area contributed by atoms with Gasteiger partial charge in [0.15, 0.2) is 0 Å². The molecule has 1 saturated heterocycles. The fourth-order valence-corrected chi connectivity index (χ4v) is 5.99. The third kappa shape index (κ3) is 6.13. The summed E-state index contributed by atoms with van der Waals surface area (Å²) in [4.78, 5) is 2.66. The number of hydrogen-bond donors (Lipinski definition) is 1. The molecule has 4 aromatic carbocycles. The predicted molar refractivity (Wildman–Crippen MR) is 149 cm³/mol. The number of benzene rings is 4. The normalized spacial score (nSPS) is 22.4. The molecule has 3 atom stereocenters. The average molecular weight is 476 g/mol. The molecule has 0 aromatic heterocycles. The Hall–Kier alpha value is -3.20. The predicted octanol–water partition coefficient (Wildman–Crippen LogP) is 6.38. The highest BCUT2D eigenvalue weighted by atomic mass is 16.3. The molecular formula is C34H37NO. The van der Waals surface area contributed by atoms with E-state index in [0.717, 1.165) is 38.8 Å². The van der Waals surface area contributed by atoms with E-state index in [-0.39, 0.29) is 12.0 Å². The Balaban J connectivity index is 1.48. The summed E-state index contributed by atoms with van der Waals surface area (Å²) in [5, 5.41) is 12.4. The van der Waals surface area contributed by atoms with Crippen LogP contribution in [0.15, 0.2) is 121 Å². The molecular weight excluding hydrogens is 438 g/mol. The molecule has 4 aromatic rings. The highest BCUT2D eigenvalue weighted by Gasteiger charge is 2.47. The van der Waals surface area contributed by atoms with Gasteiger partial charge in [0, 0.05) is 31.5 Å². The average Bonchev–Trinajstić information content (AvgIpc) is 2.93. The van der Waals surface area contributed by atoms with Gasteiger partial charge < -0.3 is 5.11 Å². The summed E-state index contributed by atoms with van der Waals surface area (Å²) >= 11 is 0. The Morgan fingerprint density at radius 3 is 1.64 bits per heavy atom. The Bertz CT molecular complexity index is 1180. The summed E-state index contributed by atoms with van der Waals surface area (Å²) in [6, 6.07) is 43.2. The number of hydrogen-bond acceptors (Lipinski definition) is 2. The zero-order chi connectivity index (χ0) is 24.6. The minimum atomic E-state index is -0.750. The number of piperidine rings is 1. The van der Waals surface area contributed by atoms with Gasteiger partial charge in [-0.1, -0.05) is 121 Å². The molecule has 1 heterocycles. The zero-order valence-corrected chi connectivity index (χ0v) is 21.0. The van der Waals surface area contributed by atoms with Crippen LogP contribution in [0.2, 0.25) is 0 Å². The third-order valence-corrected chi connectivity index (χ3v) is 7.93. The number of aliphatic hydroxyl groups is 1. The van der Waals surface area contributed by atoms with E-state index in [1.807, 2.05) is 0 Å². The van der Waals surface area contributed by atoms with Crippen LogP contribution in [0, 0.1) is 5.92 Å². The second-order valence-corrected chi connectivity index (χ2v) is 10.3. The molecule has 3 unspecified atom stereocenters. The van der Waals surface area contributed by atoms with Crippen molar-refractivity contribution in [2.45, 2.75) is 43.7 Å². The minimum Gasteiger partial charge on any atom is -0.389 e. The fourth-order valence-electron chi connectivity index (χ4n) is 5.99. The van der Waals surface area contributed by atoms with E-state index in [2.05, 4.69) is 126 Å². The van der Waals surface area contributed by atoms with Gasteiger partial charge in [-0.05, 0) is 47.9 Å². The second-order valence-electron chi connectivity index (χ2n) is 10.3. The van der Waals surface area contributed by atoms with Crippen LogP contribution in [0.5, 0.6) is 0 Å². The molecule has 184 valence electrons. The first-order valence-corrected chi connectivity index (χ1v) is 13.3. The molecule has 1 N–H and O–H groups in total. The SMILES string of the molecule is OC1(Cc2ccccc2)CCN(CCc2ccccc2)C(Cc2ccccc2)C1Cc1ccccc1. The van der Waals surface area contributed by atoms with Gasteiger partial charge in [0.2, 0.25) is 0 Å². The van der Waals surface area contributed by atoms with Crippen LogP contribution in [-0.2, 0) is 25.7 Å². The van der Waals surface area contributed by atoms with Crippen molar-refractivity contribution in [2.24, 2.45) is 5.92 Å². The molecule has 1 fully saturated rings. The molecule has 1 aliphatic rings. The van der Waals surface area contributed by atoms with Gasteiger partial charge in [-0.3, -0.25) is 4.90 Å². The molecule has 0 saturated carbocycles. The Labute approximate surface area is 216 Å². The van der Waals surface area contributed by atoms with E-state index in [0.29, 0.717) is 6.42 Å². The molecule has 0 aliphatic carbocycles. The van der Waals surface area contributed by atoms with Crippen LogP contribution in [0.3, 0.4) is 0 Å². The summed E-state index contributed by atoms with van der Waals surface area (Å²) < 4.78 is 0. The van der Waals surface area contributed by atoms with E-state index in [1.165, 1.54) is 22.3 Å². The summed E-state index contributed by atoms with van der Waals surface area (Å²) in [6.45, 7) is 1.92. The molecule has 0 amide bonds. The lowest BCUT2D eigenvalue weighted by Gasteiger charge is -2.51. The highest BCUT2D eigenvalue weighted by Crippen LogP contribution is 2.39. The largest absolute Gasteiger partial charge is 0.389 e. The summed E-state index contributed by atoms with van der Waals surface area (Å²) in [7, 11) is 0. The third-order valence-electron chi connectivity index (χ3n) is 7.93. The molecule has 36 heavy (non-hydrogen) atoms. The standard InChI is InChI=1S/C34H37NO/c36-34(27-31-19-11-4-12-20-31)22-24-35(23-21-28-13-5-1-6-14-28)33(26-30-17-9-3-10-18-30)32(34)25-29-15-7-2-8-16-29/h1-20,32-33,36H,21-27H2. The quantitative estimate of drug-likeness (QED) is 0.304. The van der Waals surface area contributed by atoms with Crippen molar-refractivity contribution in [1.82, 2.24) is 4.90 Å². The van der Waals surface area contributed by atoms with E-state index in [9.17, 15) is 5.11 Å². The van der Waals surface area contributed by atoms with Crippen molar-refractivity contribution in [2.75, 3.05) is 13.1 Å². The van der Waals surface area contributed by atoms with E-state index < -0.39 is 5.60 Å². The zero-order valence-electron chi connectivity index (χ0n) is 21.0. The van der Waals surface area contributed by atoms with Crippen LogP contribution < -0.4 is 0 Å². The van der Waals surface area contributed by atoms with Crippen LogP contribution in [0.4, 0.5) is 0 Å². The maximum absolute atomic E-state index is 12.4. The molecule has 0 bridgehead atoms. The van der Waals surface area contributed by atoms with Crippen LogP contribution in [0.25, 0.3) is 0 Å². The van der Waals surface area contributed by atoms with Gasteiger partial charge in [-0.2, -0.15) is 0 Å². The Morgan fingerprint density at radius 2 is 1.08 bits per heavy atom. The van der Waals surface area contributed by atoms with Gasteiger partial charge in [0.1, 0.15) is 0 Å². The van der Waals surface area contributed by atoms with Crippen molar-refractivity contribution in [1.29, 1.82) is 0 Å². The second kappa shape index (κ2) is 11.7. The number of rotatable bonds is 9. The van der Waals surface area contributed by atoms with Gasteiger partial charge in [-0.15, -0.1) is 0 Å². The monoisotopic (exact) mass is 475 g/mol. The highest BCUT2D eigenvalue weighted by molar-refractivity contribution is 5.24. The molecule has 2 nitrogen and oxygen atoms in total. The first kappa shape index (κ1) is 24.5. The Kier molecular flexibility index (Phi) is 7.95. The molecule has 1 aliphatic heterocycles. The lowest BCUT2D eigenvalue weighted by Crippen LogP contribution is -2.60. The van der Waals surface area contributed by atoms with Gasteiger partial charge >= 0.3 is 0 Å². The minimum absolute atomic E-state index is 0.129. The van der Waals surface area contributed by atoms with Gasteiger partial charge in [0.05, 0.1) is 5.60 Å². The number of likely N-dealkylation sites (tertiary alicyclic amines) is 1. The smallest absolute Gasteiger partial charge is 0.0746 e. The number of nitrogens with zero attached hydrogens (tertiary/aromatic N) is 1. The summed E-state index contributed by atoms with van der Waals surface area (Å²) in [6.07, 6.45) is 4.34. The fraction of sp³-hybridized carbons (Fsp3) is 0.294. The van der Waals surface area contributed by atoms with Crippen molar-refractivity contribution in [3.8, 4) is 0 Å². The molecule has 5 rings (SSSR count). The maximum atomic E-state index is 12.4. The summed E-state index contributed by atoms with van der Waals surface area (Å²) in [5.41, 5.74) is 4.49. The van der Waals surface area contributed by atoms with Crippen molar-refractivity contribution in [3.63, 3.8) is 0 Å². The van der Waals surface area contributed by atoms with Crippen LogP contribution in [-0.4, -0.2) is 34.7 Å². The first-order chi connectivity index (χ1) is 17.7.